The van der Waals surface area contributed by atoms with E-state index in [9.17, 15) is 4.79 Å². The molecule has 7 heteroatoms. The second-order valence-corrected chi connectivity index (χ2v) is 5.59. The first-order valence-corrected chi connectivity index (χ1v) is 7.06. The Morgan fingerprint density at radius 3 is 3.05 bits per heavy atom. The maximum atomic E-state index is 11.9. The molecule has 1 aliphatic heterocycles. The summed E-state index contributed by atoms with van der Waals surface area (Å²) in [4.78, 5) is 16.2. The number of nitrogens with zero attached hydrogens (tertiary/aromatic N) is 3. The summed E-state index contributed by atoms with van der Waals surface area (Å²) in [5.74, 6) is 0.462. The molecule has 6 nitrogen and oxygen atoms in total. The van der Waals surface area contributed by atoms with Crippen molar-refractivity contribution in [2.75, 3.05) is 19.8 Å². The first-order chi connectivity index (χ1) is 9.29. The summed E-state index contributed by atoms with van der Waals surface area (Å²) < 4.78 is 5.28. The van der Waals surface area contributed by atoms with Crippen LogP contribution in [0.1, 0.15) is 27.4 Å². The van der Waals surface area contributed by atoms with Crippen molar-refractivity contribution in [3.63, 3.8) is 0 Å². The van der Waals surface area contributed by atoms with Crippen LogP contribution in [0.15, 0.2) is 17.2 Å². The van der Waals surface area contributed by atoms with Gasteiger partial charge in [0.15, 0.2) is 0 Å². The van der Waals surface area contributed by atoms with E-state index in [1.807, 2.05) is 6.07 Å². The van der Waals surface area contributed by atoms with E-state index in [2.05, 4.69) is 15.3 Å². The number of carbonyl (C=O) groups is 1. The number of thiophene rings is 1. The maximum Gasteiger partial charge on any atom is 0.261 e. The molecule has 19 heavy (non-hydrogen) atoms. The molecule has 1 amide bonds. The summed E-state index contributed by atoms with van der Waals surface area (Å²) >= 11 is 1.37. The van der Waals surface area contributed by atoms with E-state index in [0.29, 0.717) is 23.9 Å². The smallest absolute Gasteiger partial charge is 0.261 e. The largest absolute Gasteiger partial charge is 0.381 e. The van der Waals surface area contributed by atoms with E-state index in [0.717, 1.165) is 30.9 Å². The van der Waals surface area contributed by atoms with Crippen LogP contribution in [-0.2, 0) is 11.3 Å². The number of rotatable bonds is 5. The topological polar surface area (TPSA) is 87.1 Å². The van der Waals surface area contributed by atoms with Gasteiger partial charge in [-0.05, 0) is 36.4 Å². The van der Waals surface area contributed by atoms with Crippen LogP contribution < -0.4 is 5.32 Å². The molecule has 1 fully saturated rings. The van der Waals surface area contributed by atoms with Gasteiger partial charge in [-0.3, -0.25) is 4.79 Å². The van der Waals surface area contributed by atoms with E-state index in [1.54, 1.807) is 6.07 Å². The van der Waals surface area contributed by atoms with Gasteiger partial charge in [0.2, 0.25) is 0 Å². The fraction of sp³-hybridized carbons (Fsp3) is 0.583. The van der Waals surface area contributed by atoms with Crippen molar-refractivity contribution < 1.29 is 9.53 Å². The number of hydrogen-bond acceptors (Lipinski definition) is 4. The van der Waals surface area contributed by atoms with Gasteiger partial charge < -0.3 is 10.1 Å². The molecule has 0 atom stereocenters. The van der Waals surface area contributed by atoms with E-state index in [4.69, 9.17) is 10.3 Å². The van der Waals surface area contributed by atoms with Crippen molar-refractivity contribution in [3.05, 3.63) is 32.3 Å². The molecule has 1 N–H and O–H groups in total. The Labute approximate surface area is 115 Å². The average Bonchev–Trinajstić information content (AvgIpc) is 2.92. The third-order valence-electron chi connectivity index (χ3n) is 3.07. The van der Waals surface area contributed by atoms with Crippen molar-refractivity contribution in [1.29, 1.82) is 0 Å². The van der Waals surface area contributed by atoms with E-state index in [1.165, 1.54) is 11.3 Å². The molecule has 0 radical (unpaired) electrons. The summed E-state index contributed by atoms with van der Waals surface area (Å²) in [7, 11) is 0. The van der Waals surface area contributed by atoms with Crippen molar-refractivity contribution in [2.24, 2.45) is 11.0 Å². The van der Waals surface area contributed by atoms with Gasteiger partial charge in [0.25, 0.3) is 5.91 Å². The van der Waals surface area contributed by atoms with Crippen LogP contribution in [0.5, 0.6) is 0 Å². The summed E-state index contributed by atoms with van der Waals surface area (Å²) in [6.07, 6.45) is 2.01. The number of hydrogen-bond donors (Lipinski definition) is 1. The van der Waals surface area contributed by atoms with E-state index < -0.39 is 0 Å². The highest BCUT2D eigenvalue weighted by molar-refractivity contribution is 7.14. The molecule has 1 aromatic rings. The fourth-order valence-corrected chi connectivity index (χ4v) is 2.80. The Kier molecular flexibility index (Phi) is 5.20. The summed E-state index contributed by atoms with van der Waals surface area (Å²) in [6, 6.07) is 3.59. The Hall–Kier alpha value is -1.56. The van der Waals surface area contributed by atoms with Crippen LogP contribution in [0.3, 0.4) is 0 Å². The normalized spacial score (nSPS) is 15.8. The zero-order valence-electron chi connectivity index (χ0n) is 10.5. The molecule has 102 valence electrons. The number of azide groups is 1. The molecule has 1 aromatic heterocycles. The van der Waals surface area contributed by atoms with Gasteiger partial charge in [0.1, 0.15) is 0 Å². The predicted octanol–water partition coefficient (Wildman–Crippen LogP) is 2.71. The first-order valence-electron chi connectivity index (χ1n) is 6.25. The monoisotopic (exact) mass is 280 g/mol. The summed E-state index contributed by atoms with van der Waals surface area (Å²) in [6.45, 7) is 2.58. The highest BCUT2D eigenvalue weighted by atomic mass is 32.1. The lowest BCUT2D eigenvalue weighted by Gasteiger charge is -2.21. The molecule has 2 rings (SSSR count). The minimum atomic E-state index is -0.0521. The molecule has 0 aromatic carbocycles. The van der Waals surface area contributed by atoms with Crippen LogP contribution >= 0.6 is 11.3 Å². The molecular weight excluding hydrogens is 264 g/mol. The Bertz CT molecular complexity index is 476. The second-order valence-electron chi connectivity index (χ2n) is 4.42. The predicted molar refractivity (Wildman–Crippen MR) is 73.0 cm³/mol. The van der Waals surface area contributed by atoms with Crippen LogP contribution in [0.2, 0.25) is 0 Å². The summed E-state index contributed by atoms with van der Waals surface area (Å²) in [5, 5.41) is 6.43. The van der Waals surface area contributed by atoms with Crippen LogP contribution in [0, 0.1) is 5.92 Å². The molecule has 0 unspecified atom stereocenters. The summed E-state index contributed by atoms with van der Waals surface area (Å²) in [5.41, 5.74) is 8.25. The highest BCUT2D eigenvalue weighted by Gasteiger charge is 2.15. The zero-order valence-corrected chi connectivity index (χ0v) is 11.4. The molecule has 0 spiro atoms. The van der Waals surface area contributed by atoms with Gasteiger partial charge in [0.05, 0.1) is 11.4 Å². The van der Waals surface area contributed by atoms with Crippen molar-refractivity contribution in [2.45, 2.75) is 19.4 Å². The van der Waals surface area contributed by atoms with Crippen LogP contribution in [0.4, 0.5) is 0 Å². The lowest BCUT2D eigenvalue weighted by molar-refractivity contribution is 0.0643. The molecule has 2 heterocycles. The van der Waals surface area contributed by atoms with E-state index in [-0.39, 0.29) is 5.91 Å². The van der Waals surface area contributed by atoms with Gasteiger partial charge in [-0.15, -0.1) is 11.3 Å². The Morgan fingerprint density at radius 1 is 1.53 bits per heavy atom. The molecule has 0 saturated carbocycles. The Morgan fingerprint density at radius 2 is 2.32 bits per heavy atom. The van der Waals surface area contributed by atoms with Gasteiger partial charge in [-0.1, -0.05) is 5.11 Å². The number of amides is 1. The van der Waals surface area contributed by atoms with Gasteiger partial charge in [-0.25, -0.2) is 0 Å². The second kappa shape index (κ2) is 7.13. The highest BCUT2D eigenvalue weighted by Crippen LogP contribution is 2.18. The molecule has 0 bridgehead atoms. The van der Waals surface area contributed by atoms with Crippen LogP contribution in [-0.4, -0.2) is 25.7 Å². The van der Waals surface area contributed by atoms with Crippen molar-refractivity contribution in [3.8, 4) is 0 Å². The Balaban J connectivity index is 1.81. The van der Waals surface area contributed by atoms with Crippen molar-refractivity contribution >= 4 is 17.2 Å². The number of ether oxygens (including phenoxy) is 1. The standard InChI is InChI=1S/C12H16N4O2S/c13-16-15-8-10-1-2-11(19-10)12(17)14-7-9-3-5-18-6-4-9/h1-2,9H,3-8H2,(H,14,17). The molecule has 1 saturated heterocycles. The molecule has 0 aliphatic carbocycles. The van der Waals surface area contributed by atoms with Crippen LogP contribution in [0.25, 0.3) is 10.4 Å². The maximum absolute atomic E-state index is 11.9. The van der Waals surface area contributed by atoms with Crippen molar-refractivity contribution in [1.82, 2.24) is 5.32 Å². The minimum Gasteiger partial charge on any atom is -0.381 e. The van der Waals surface area contributed by atoms with Gasteiger partial charge in [-0.2, -0.15) is 0 Å². The zero-order chi connectivity index (χ0) is 13.5. The first kappa shape index (κ1) is 13.9. The average molecular weight is 280 g/mol. The minimum absolute atomic E-state index is 0.0521. The van der Waals surface area contributed by atoms with Gasteiger partial charge >= 0.3 is 0 Å². The quantitative estimate of drug-likeness (QED) is 0.510. The lowest BCUT2D eigenvalue weighted by Crippen LogP contribution is -2.31. The molecular formula is C12H16N4O2S. The SMILES string of the molecule is [N-]=[N+]=NCc1ccc(C(=O)NCC2CCOCC2)s1. The third kappa shape index (κ3) is 4.24. The molecule has 1 aliphatic rings. The lowest BCUT2D eigenvalue weighted by atomic mass is 10.0. The van der Waals surface area contributed by atoms with Gasteiger partial charge in [0, 0.05) is 29.5 Å². The number of carbonyl (C=O) groups excluding carboxylic acids is 1. The fourth-order valence-electron chi connectivity index (χ4n) is 1.96. The van der Waals surface area contributed by atoms with E-state index >= 15 is 0 Å². The number of nitrogens with one attached hydrogen (secondary N) is 1. The third-order valence-corrected chi connectivity index (χ3v) is 4.14.